The van der Waals surface area contributed by atoms with Gasteiger partial charge in [-0.3, -0.25) is 10.4 Å². The molecule has 2 N–H and O–H groups in total. The van der Waals surface area contributed by atoms with Gasteiger partial charge in [0.15, 0.2) is 0 Å². The first-order valence-electron chi connectivity index (χ1n) is 7.61. The SMILES string of the molecule is COc1ccc2c(c1)CN(C(=O)Oc1ccc(N(O)O)cc1)CCS2. The maximum absolute atomic E-state index is 12.5. The molecule has 0 unspecified atom stereocenters. The van der Waals surface area contributed by atoms with Gasteiger partial charge >= 0.3 is 6.09 Å². The Labute approximate surface area is 149 Å². The van der Waals surface area contributed by atoms with E-state index in [0.29, 0.717) is 18.8 Å². The molecule has 8 heteroatoms. The first-order valence-corrected chi connectivity index (χ1v) is 8.60. The van der Waals surface area contributed by atoms with Crippen LogP contribution < -0.4 is 14.7 Å². The zero-order chi connectivity index (χ0) is 17.8. The molecule has 3 rings (SSSR count). The van der Waals surface area contributed by atoms with Crippen molar-refractivity contribution in [2.24, 2.45) is 0 Å². The Kier molecular flexibility index (Phi) is 5.32. The zero-order valence-electron chi connectivity index (χ0n) is 13.6. The molecule has 0 bridgehead atoms. The fraction of sp³-hybridized carbons (Fsp3) is 0.235. The average molecular weight is 362 g/mol. The molecule has 1 heterocycles. The molecule has 1 aliphatic rings. The van der Waals surface area contributed by atoms with Crippen molar-refractivity contribution in [2.75, 3.05) is 24.6 Å². The van der Waals surface area contributed by atoms with Crippen LogP contribution in [0.3, 0.4) is 0 Å². The number of benzene rings is 2. The number of rotatable bonds is 3. The third kappa shape index (κ3) is 4.16. The monoisotopic (exact) mass is 362 g/mol. The molecule has 0 fully saturated rings. The molecule has 2 aromatic rings. The molecule has 132 valence electrons. The zero-order valence-corrected chi connectivity index (χ0v) is 14.4. The van der Waals surface area contributed by atoms with E-state index < -0.39 is 6.09 Å². The van der Waals surface area contributed by atoms with Crippen LogP contribution in [0.4, 0.5) is 10.5 Å². The van der Waals surface area contributed by atoms with Gasteiger partial charge in [-0.1, -0.05) is 0 Å². The minimum absolute atomic E-state index is 0.00193. The van der Waals surface area contributed by atoms with Crippen LogP contribution in [0.25, 0.3) is 0 Å². The van der Waals surface area contributed by atoms with Crippen LogP contribution in [0.5, 0.6) is 11.5 Å². The van der Waals surface area contributed by atoms with Gasteiger partial charge in [0.05, 0.1) is 19.3 Å². The predicted molar refractivity (Wildman–Crippen MR) is 92.6 cm³/mol. The fourth-order valence-corrected chi connectivity index (χ4v) is 3.47. The number of hydrogen-bond donors (Lipinski definition) is 2. The number of fused-ring (bicyclic) bond motifs is 1. The smallest absolute Gasteiger partial charge is 0.415 e. The molecule has 1 aliphatic heterocycles. The first kappa shape index (κ1) is 17.4. The number of nitrogens with zero attached hydrogens (tertiary/aromatic N) is 2. The van der Waals surface area contributed by atoms with E-state index in [1.807, 2.05) is 18.2 Å². The van der Waals surface area contributed by atoms with Gasteiger partial charge in [-0.05, 0) is 48.0 Å². The second-order valence-corrected chi connectivity index (χ2v) is 6.53. The average Bonchev–Trinajstić information content (AvgIpc) is 2.83. The Balaban J connectivity index is 1.71. The first-order chi connectivity index (χ1) is 12.1. The van der Waals surface area contributed by atoms with Crippen LogP contribution in [0.15, 0.2) is 47.4 Å². The normalized spacial score (nSPS) is 13.6. The van der Waals surface area contributed by atoms with E-state index in [2.05, 4.69) is 0 Å². The van der Waals surface area contributed by atoms with E-state index in [1.54, 1.807) is 23.8 Å². The van der Waals surface area contributed by atoms with E-state index in [-0.39, 0.29) is 10.9 Å². The minimum Gasteiger partial charge on any atom is -0.497 e. The number of ether oxygens (including phenoxy) is 2. The summed E-state index contributed by atoms with van der Waals surface area (Å²) >= 11 is 1.70. The number of hydrogen-bond acceptors (Lipinski definition) is 7. The molecule has 25 heavy (non-hydrogen) atoms. The quantitative estimate of drug-likeness (QED) is 0.810. The van der Waals surface area contributed by atoms with Crippen LogP contribution in [0, 0.1) is 0 Å². The van der Waals surface area contributed by atoms with Crippen molar-refractivity contribution in [3.8, 4) is 11.5 Å². The van der Waals surface area contributed by atoms with Crippen molar-refractivity contribution >= 4 is 23.5 Å². The largest absolute Gasteiger partial charge is 0.497 e. The van der Waals surface area contributed by atoms with Crippen molar-refractivity contribution in [2.45, 2.75) is 11.4 Å². The summed E-state index contributed by atoms with van der Waals surface area (Å²) in [4.78, 5) is 15.2. The molecule has 0 saturated heterocycles. The Hall–Kier alpha value is -2.42. The predicted octanol–water partition coefficient (Wildman–Crippen LogP) is 3.39. The van der Waals surface area contributed by atoms with E-state index in [1.165, 1.54) is 24.3 Å². The lowest BCUT2D eigenvalue weighted by molar-refractivity contribution is 0.0291. The summed E-state index contributed by atoms with van der Waals surface area (Å²) in [6, 6.07) is 11.7. The van der Waals surface area contributed by atoms with Crippen molar-refractivity contribution in [1.82, 2.24) is 4.90 Å². The van der Waals surface area contributed by atoms with Gasteiger partial charge in [-0.25, -0.2) is 4.79 Å². The lowest BCUT2D eigenvalue weighted by Gasteiger charge is -2.20. The standard InChI is InChI=1S/C17H18N2O5S/c1-23-15-6-7-16-12(10-15)11-18(8-9-25-16)17(20)24-14-4-2-13(3-5-14)19(21)22/h2-7,10,21-22H,8-9,11H2,1H3. The molecule has 0 radical (unpaired) electrons. The second kappa shape index (κ2) is 7.64. The highest BCUT2D eigenvalue weighted by molar-refractivity contribution is 7.99. The van der Waals surface area contributed by atoms with Crippen LogP contribution >= 0.6 is 11.8 Å². The summed E-state index contributed by atoms with van der Waals surface area (Å²) in [6.45, 7) is 1.01. The molecule has 0 aliphatic carbocycles. The molecule has 0 spiro atoms. The van der Waals surface area contributed by atoms with E-state index in [9.17, 15) is 4.79 Å². The lowest BCUT2D eigenvalue weighted by atomic mass is 10.2. The molecule has 7 nitrogen and oxygen atoms in total. The minimum atomic E-state index is -0.450. The number of carbonyl (C=O) groups is 1. The molecular weight excluding hydrogens is 344 g/mol. The van der Waals surface area contributed by atoms with Crippen LogP contribution in [-0.2, 0) is 6.54 Å². The highest BCUT2D eigenvalue weighted by Gasteiger charge is 2.21. The maximum atomic E-state index is 12.5. The Morgan fingerprint density at radius 1 is 1.16 bits per heavy atom. The van der Waals surface area contributed by atoms with Crippen molar-refractivity contribution in [3.63, 3.8) is 0 Å². The molecular formula is C17H18N2O5S. The van der Waals surface area contributed by atoms with Crippen LogP contribution in [0.1, 0.15) is 5.56 Å². The third-order valence-electron chi connectivity index (χ3n) is 3.78. The topological polar surface area (TPSA) is 82.5 Å². The highest BCUT2D eigenvalue weighted by Crippen LogP contribution is 2.30. The van der Waals surface area contributed by atoms with E-state index >= 15 is 0 Å². The van der Waals surface area contributed by atoms with Crippen molar-refractivity contribution < 1.29 is 24.7 Å². The summed E-state index contributed by atoms with van der Waals surface area (Å²) in [6.07, 6.45) is -0.450. The highest BCUT2D eigenvalue weighted by atomic mass is 32.2. The Bertz CT molecular complexity index is 751. The van der Waals surface area contributed by atoms with Gasteiger partial charge in [-0.15, -0.1) is 17.0 Å². The van der Waals surface area contributed by atoms with Gasteiger partial charge in [0, 0.05) is 17.2 Å². The molecule has 2 aromatic carbocycles. The van der Waals surface area contributed by atoms with Gasteiger partial charge in [0.25, 0.3) is 0 Å². The molecule has 1 amide bonds. The number of amides is 1. The number of anilines is 1. The van der Waals surface area contributed by atoms with Gasteiger partial charge in [-0.2, -0.15) is 0 Å². The Morgan fingerprint density at radius 3 is 2.56 bits per heavy atom. The number of carbonyl (C=O) groups excluding carboxylic acids is 1. The number of methoxy groups -OCH3 is 1. The third-order valence-corrected chi connectivity index (χ3v) is 4.87. The Morgan fingerprint density at radius 2 is 1.88 bits per heavy atom. The van der Waals surface area contributed by atoms with Crippen LogP contribution in [-0.4, -0.2) is 40.8 Å². The summed E-state index contributed by atoms with van der Waals surface area (Å²) in [7, 11) is 1.61. The molecule has 0 saturated carbocycles. The van der Waals surface area contributed by atoms with Gasteiger partial charge < -0.3 is 14.4 Å². The molecule has 0 aromatic heterocycles. The summed E-state index contributed by atoms with van der Waals surface area (Å²) in [5.41, 5.74) is 1.19. The van der Waals surface area contributed by atoms with Gasteiger partial charge in [0.1, 0.15) is 11.5 Å². The number of thioether (sulfide) groups is 1. The summed E-state index contributed by atoms with van der Waals surface area (Å²) < 4.78 is 10.6. The lowest BCUT2D eigenvalue weighted by Crippen LogP contribution is -2.34. The summed E-state index contributed by atoms with van der Waals surface area (Å²) in [5, 5.41) is 17.9. The van der Waals surface area contributed by atoms with E-state index in [4.69, 9.17) is 19.9 Å². The molecule has 0 atom stereocenters. The summed E-state index contributed by atoms with van der Waals surface area (Å²) in [5.74, 6) is 1.86. The fourth-order valence-electron chi connectivity index (χ4n) is 2.47. The van der Waals surface area contributed by atoms with Crippen molar-refractivity contribution in [1.29, 1.82) is 0 Å². The van der Waals surface area contributed by atoms with E-state index in [0.717, 1.165) is 22.0 Å². The maximum Gasteiger partial charge on any atom is 0.415 e. The van der Waals surface area contributed by atoms with Crippen molar-refractivity contribution in [3.05, 3.63) is 48.0 Å². The second-order valence-electron chi connectivity index (χ2n) is 5.39. The van der Waals surface area contributed by atoms with Crippen LogP contribution in [0.2, 0.25) is 0 Å². The van der Waals surface area contributed by atoms with Gasteiger partial charge in [0.2, 0.25) is 0 Å².